The van der Waals surface area contributed by atoms with E-state index in [0.29, 0.717) is 5.11 Å². The molecule has 2 atom stereocenters. The molecule has 1 aromatic carbocycles. The summed E-state index contributed by atoms with van der Waals surface area (Å²) < 4.78 is 5.56. The van der Waals surface area contributed by atoms with Crippen molar-refractivity contribution in [2.75, 3.05) is 12.0 Å². The van der Waals surface area contributed by atoms with E-state index >= 15 is 0 Å². The van der Waals surface area contributed by atoms with Gasteiger partial charge in [0.25, 0.3) is 0 Å². The van der Waals surface area contributed by atoms with Gasteiger partial charge >= 0.3 is 0 Å². The van der Waals surface area contributed by atoms with Crippen molar-refractivity contribution in [3.05, 3.63) is 78.4 Å². The highest BCUT2D eigenvalue weighted by Crippen LogP contribution is 2.43. The molecule has 126 valence electrons. The Kier molecular flexibility index (Phi) is 4.11. The zero-order valence-electron chi connectivity index (χ0n) is 13.7. The van der Waals surface area contributed by atoms with Gasteiger partial charge < -0.3 is 19.9 Å². The Bertz CT molecular complexity index is 866. The summed E-state index contributed by atoms with van der Waals surface area (Å²) >= 11 is 5.68. The van der Waals surface area contributed by atoms with Gasteiger partial charge in [-0.2, -0.15) is 0 Å². The molecule has 6 heteroatoms. The van der Waals surface area contributed by atoms with Crippen molar-refractivity contribution in [1.29, 1.82) is 0 Å². The maximum absolute atomic E-state index is 5.68. The maximum Gasteiger partial charge on any atom is 0.174 e. The Hall–Kier alpha value is -2.86. The normalized spacial score (nSPS) is 19.7. The number of hydrogen-bond donors (Lipinski definition) is 2. The van der Waals surface area contributed by atoms with E-state index in [-0.39, 0.29) is 12.1 Å². The average molecular weight is 350 g/mol. The van der Waals surface area contributed by atoms with Crippen molar-refractivity contribution < 1.29 is 4.74 Å². The minimum Gasteiger partial charge on any atom is -0.495 e. The maximum atomic E-state index is 5.68. The van der Waals surface area contributed by atoms with Crippen molar-refractivity contribution >= 4 is 23.0 Å². The Balaban J connectivity index is 1.84. The Morgan fingerprint density at radius 1 is 1.08 bits per heavy atom. The topological polar surface area (TPSA) is 53.2 Å². The lowest BCUT2D eigenvalue weighted by Gasteiger charge is -2.28. The predicted octanol–water partition coefficient (Wildman–Crippen LogP) is 3.60. The van der Waals surface area contributed by atoms with Gasteiger partial charge in [0, 0.05) is 18.1 Å². The lowest BCUT2D eigenvalue weighted by atomic mass is 10.0. The summed E-state index contributed by atoms with van der Waals surface area (Å²) in [6.45, 7) is 0. The largest absolute Gasteiger partial charge is 0.495 e. The molecule has 2 aromatic heterocycles. The van der Waals surface area contributed by atoms with Crippen LogP contribution in [0.2, 0.25) is 0 Å². The number of rotatable bonds is 4. The summed E-state index contributed by atoms with van der Waals surface area (Å²) in [5, 5.41) is 4.08. The van der Waals surface area contributed by atoms with Gasteiger partial charge in [-0.05, 0) is 48.6 Å². The predicted molar refractivity (Wildman–Crippen MR) is 102 cm³/mol. The summed E-state index contributed by atoms with van der Waals surface area (Å²) in [4.78, 5) is 9.96. The number of anilines is 1. The van der Waals surface area contributed by atoms with E-state index in [1.807, 2.05) is 54.7 Å². The number of para-hydroxylation sites is 2. The standard InChI is InChI=1S/C19H18N4OS/c1-24-16-10-3-2-9-15(16)23-18(14-8-6-12-21-14)17(22-19(23)25)13-7-4-5-11-20-13/h2-12,17-18,21H,1H3,(H,22,25)/t17-,18-/m1/s1. The van der Waals surface area contributed by atoms with Crippen LogP contribution in [0.25, 0.3) is 0 Å². The minimum atomic E-state index is -0.0581. The molecule has 0 unspecified atom stereocenters. The lowest BCUT2D eigenvalue weighted by Crippen LogP contribution is -2.29. The third-order valence-electron chi connectivity index (χ3n) is 4.38. The number of aromatic nitrogens is 2. The van der Waals surface area contributed by atoms with Crippen LogP contribution in [-0.2, 0) is 0 Å². The summed E-state index contributed by atoms with van der Waals surface area (Å²) in [6.07, 6.45) is 3.73. The van der Waals surface area contributed by atoms with Crippen molar-refractivity contribution in [1.82, 2.24) is 15.3 Å². The van der Waals surface area contributed by atoms with Gasteiger partial charge in [0.2, 0.25) is 0 Å². The number of nitrogens with zero attached hydrogens (tertiary/aromatic N) is 2. The molecule has 4 rings (SSSR count). The second kappa shape index (κ2) is 6.57. The molecule has 1 saturated heterocycles. The second-order valence-corrected chi connectivity index (χ2v) is 6.18. The van der Waals surface area contributed by atoms with Gasteiger partial charge in [0.05, 0.1) is 24.5 Å². The van der Waals surface area contributed by atoms with Crippen molar-refractivity contribution in [2.45, 2.75) is 12.1 Å². The highest BCUT2D eigenvalue weighted by atomic mass is 32.1. The molecule has 3 aromatic rings. The highest BCUT2D eigenvalue weighted by molar-refractivity contribution is 7.80. The van der Waals surface area contributed by atoms with Crippen LogP contribution in [0.1, 0.15) is 23.5 Å². The molecule has 1 aliphatic heterocycles. The van der Waals surface area contributed by atoms with Crippen LogP contribution in [0.15, 0.2) is 67.0 Å². The number of hydrogen-bond acceptors (Lipinski definition) is 3. The number of H-pyrrole nitrogens is 1. The van der Waals surface area contributed by atoms with E-state index in [1.54, 1.807) is 13.3 Å². The lowest BCUT2D eigenvalue weighted by molar-refractivity contribution is 0.414. The fraction of sp³-hybridized carbons (Fsp3) is 0.158. The van der Waals surface area contributed by atoms with Crippen molar-refractivity contribution in [2.24, 2.45) is 0 Å². The van der Waals surface area contributed by atoms with Crippen molar-refractivity contribution in [3.63, 3.8) is 0 Å². The summed E-state index contributed by atoms with van der Waals surface area (Å²) in [5.41, 5.74) is 2.94. The SMILES string of the molecule is COc1ccccc1N1C(=S)N[C@H](c2ccccn2)[C@H]1c1ccc[nH]1. The van der Waals surface area contributed by atoms with Gasteiger partial charge in [-0.15, -0.1) is 0 Å². The zero-order chi connectivity index (χ0) is 17.2. The first kappa shape index (κ1) is 15.7. The van der Waals surface area contributed by atoms with Gasteiger partial charge in [0.1, 0.15) is 11.8 Å². The zero-order valence-corrected chi connectivity index (χ0v) is 14.5. The van der Waals surface area contributed by atoms with E-state index in [9.17, 15) is 0 Å². The van der Waals surface area contributed by atoms with Crippen LogP contribution in [0, 0.1) is 0 Å². The van der Waals surface area contributed by atoms with Gasteiger partial charge in [-0.25, -0.2) is 0 Å². The molecular formula is C19H18N4OS. The quantitative estimate of drug-likeness (QED) is 0.704. The minimum absolute atomic E-state index is 0.0475. The number of benzene rings is 1. The van der Waals surface area contributed by atoms with Crippen molar-refractivity contribution in [3.8, 4) is 5.75 Å². The van der Waals surface area contributed by atoms with E-state index in [0.717, 1.165) is 22.8 Å². The van der Waals surface area contributed by atoms with E-state index in [4.69, 9.17) is 17.0 Å². The Labute approximate surface area is 151 Å². The van der Waals surface area contributed by atoms with Gasteiger partial charge in [0.15, 0.2) is 5.11 Å². The molecule has 3 heterocycles. The molecule has 0 bridgehead atoms. The molecule has 0 radical (unpaired) electrons. The fourth-order valence-electron chi connectivity index (χ4n) is 3.29. The number of aromatic amines is 1. The highest BCUT2D eigenvalue weighted by Gasteiger charge is 2.42. The number of pyridine rings is 1. The number of nitrogens with one attached hydrogen (secondary N) is 2. The molecule has 1 fully saturated rings. The molecule has 2 N–H and O–H groups in total. The van der Waals surface area contributed by atoms with Crippen LogP contribution >= 0.6 is 12.2 Å². The molecule has 0 saturated carbocycles. The van der Waals surface area contributed by atoms with Gasteiger partial charge in [-0.1, -0.05) is 18.2 Å². The molecule has 25 heavy (non-hydrogen) atoms. The molecule has 0 aliphatic carbocycles. The first-order valence-electron chi connectivity index (χ1n) is 8.06. The number of thiocarbonyl (C=S) groups is 1. The van der Waals surface area contributed by atoms with Gasteiger partial charge in [-0.3, -0.25) is 4.98 Å². The molecule has 1 aliphatic rings. The Morgan fingerprint density at radius 3 is 2.64 bits per heavy atom. The summed E-state index contributed by atoms with van der Waals surface area (Å²) in [5.74, 6) is 0.782. The second-order valence-electron chi connectivity index (χ2n) is 5.79. The van der Waals surface area contributed by atoms with E-state index in [2.05, 4.69) is 26.3 Å². The fourth-order valence-corrected chi connectivity index (χ4v) is 3.63. The van der Waals surface area contributed by atoms with Crippen LogP contribution < -0.4 is 15.0 Å². The third-order valence-corrected chi connectivity index (χ3v) is 4.70. The van der Waals surface area contributed by atoms with Crippen LogP contribution in [0.5, 0.6) is 5.75 Å². The molecular weight excluding hydrogens is 332 g/mol. The number of ether oxygens (including phenoxy) is 1. The molecule has 5 nitrogen and oxygen atoms in total. The Morgan fingerprint density at radius 2 is 1.92 bits per heavy atom. The first-order chi connectivity index (χ1) is 12.3. The molecule has 0 amide bonds. The monoisotopic (exact) mass is 350 g/mol. The van der Waals surface area contributed by atoms with E-state index < -0.39 is 0 Å². The summed E-state index contributed by atoms with van der Waals surface area (Å²) in [6, 6.07) is 17.8. The smallest absolute Gasteiger partial charge is 0.174 e. The molecule has 0 spiro atoms. The number of methoxy groups -OCH3 is 1. The van der Waals surface area contributed by atoms with E-state index in [1.165, 1.54) is 0 Å². The summed E-state index contributed by atoms with van der Waals surface area (Å²) in [7, 11) is 1.67. The first-order valence-corrected chi connectivity index (χ1v) is 8.47. The third kappa shape index (κ3) is 2.74. The van der Waals surface area contributed by atoms with Crippen LogP contribution in [0.3, 0.4) is 0 Å². The van der Waals surface area contributed by atoms with Crippen LogP contribution in [-0.4, -0.2) is 22.2 Å². The average Bonchev–Trinajstić information content (AvgIpc) is 3.30. The van der Waals surface area contributed by atoms with Crippen LogP contribution in [0.4, 0.5) is 5.69 Å².